The van der Waals surface area contributed by atoms with E-state index in [9.17, 15) is 8.78 Å². The number of rotatable bonds is 5. The highest BCUT2D eigenvalue weighted by atomic mass is 32.2. The fraction of sp³-hybridized carbons (Fsp3) is 0.385. The molecule has 0 saturated carbocycles. The summed E-state index contributed by atoms with van der Waals surface area (Å²) < 4.78 is 29.5. The van der Waals surface area contributed by atoms with Crippen molar-refractivity contribution in [2.45, 2.75) is 36.5 Å². The fourth-order valence-electron chi connectivity index (χ4n) is 1.60. The van der Waals surface area contributed by atoms with Crippen molar-refractivity contribution < 1.29 is 8.78 Å². The first-order valence-corrected chi connectivity index (χ1v) is 7.02. The molecule has 0 atom stereocenters. The molecule has 0 unspecified atom stereocenters. The smallest absolute Gasteiger partial charge is 0.190 e. The highest BCUT2D eigenvalue weighted by Gasteiger charge is 2.15. The minimum absolute atomic E-state index is 0.0607. The summed E-state index contributed by atoms with van der Waals surface area (Å²) in [6.07, 6.45) is 1.35. The first-order chi connectivity index (χ1) is 9.47. The van der Waals surface area contributed by atoms with Crippen LogP contribution in [0.1, 0.15) is 19.4 Å². The molecule has 1 heterocycles. The van der Waals surface area contributed by atoms with E-state index in [2.05, 4.69) is 15.4 Å². The molecule has 7 heteroatoms. The van der Waals surface area contributed by atoms with Gasteiger partial charge in [-0.25, -0.2) is 18.4 Å². The van der Waals surface area contributed by atoms with E-state index in [1.54, 1.807) is 7.05 Å². The number of aryl methyl sites for hydroxylation is 1. The quantitative estimate of drug-likeness (QED) is 0.921. The van der Waals surface area contributed by atoms with Gasteiger partial charge in [-0.05, 0) is 29.5 Å². The van der Waals surface area contributed by atoms with Crippen LogP contribution in [0.25, 0.3) is 0 Å². The Labute approximate surface area is 120 Å². The molecule has 0 saturated heterocycles. The molecular formula is C13H16F2N4S. The zero-order valence-corrected chi connectivity index (χ0v) is 12.3. The molecule has 20 heavy (non-hydrogen) atoms. The topological polar surface area (TPSA) is 42.7 Å². The zero-order valence-electron chi connectivity index (χ0n) is 11.5. The zero-order chi connectivity index (χ0) is 14.7. The summed E-state index contributed by atoms with van der Waals surface area (Å²) in [6.45, 7) is 4.39. The summed E-state index contributed by atoms with van der Waals surface area (Å²) in [5, 5.41) is 7.43. The molecule has 0 aliphatic carbocycles. The first-order valence-electron chi connectivity index (χ1n) is 6.20. The Hall–Kier alpha value is -1.47. The predicted molar refractivity (Wildman–Crippen MR) is 73.5 cm³/mol. The van der Waals surface area contributed by atoms with Crippen LogP contribution in [0.4, 0.5) is 8.78 Å². The molecule has 0 spiro atoms. The molecule has 0 fully saturated rings. The van der Waals surface area contributed by atoms with Crippen molar-refractivity contribution >= 4 is 11.8 Å². The van der Waals surface area contributed by atoms with E-state index in [4.69, 9.17) is 0 Å². The van der Waals surface area contributed by atoms with Crippen molar-refractivity contribution in [2.75, 3.05) is 0 Å². The molecule has 1 aromatic heterocycles. The minimum Gasteiger partial charge on any atom is -0.310 e. The number of halogens is 2. The fourth-order valence-corrected chi connectivity index (χ4v) is 2.38. The molecule has 2 rings (SSSR count). The maximum Gasteiger partial charge on any atom is 0.190 e. The van der Waals surface area contributed by atoms with Gasteiger partial charge in [-0.2, -0.15) is 5.10 Å². The molecule has 1 N–H and O–H groups in total. The molecule has 0 radical (unpaired) electrons. The lowest BCUT2D eigenvalue weighted by molar-refractivity contribution is 0.528. The standard InChI is InChI=1S/C13H16F2N4S/c1-8(2)16-6-9-4-10(14)12(11(15)5-9)20-13-17-7-18-19(13)3/h4-5,7-8,16H,6H2,1-3H3. The first kappa shape index (κ1) is 14.9. The van der Waals surface area contributed by atoms with E-state index in [1.807, 2.05) is 13.8 Å². The third kappa shape index (κ3) is 3.55. The van der Waals surface area contributed by atoms with Crippen LogP contribution in [0.3, 0.4) is 0 Å². The van der Waals surface area contributed by atoms with Crippen LogP contribution in [0.5, 0.6) is 0 Å². The number of nitrogens with zero attached hydrogens (tertiary/aromatic N) is 3. The Morgan fingerprint density at radius 3 is 2.45 bits per heavy atom. The van der Waals surface area contributed by atoms with Gasteiger partial charge in [0.15, 0.2) is 5.16 Å². The van der Waals surface area contributed by atoms with Crippen molar-refractivity contribution in [2.24, 2.45) is 7.05 Å². The van der Waals surface area contributed by atoms with Gasteiger partial charge in [0.1, 0.15) is 18.0 Å². The van der Waals surface area contributed by atoms with Crippen molar-refractivity contribution in [3.05, 3.63) is 35.7 Å². The van der Waals surface area contributed by atoms with Crippen molar-refractivity contribution in [3.63, 3.8) is 0 Å². The van der Waals surface area contributed by atoms with Crippen LogP contribution in [-0.2, 0) is 13.6 Å². The van der Waals surface area contributed by atoms with Gasteiger partial charge in [0.05, 0.1) is 4.90 Å². The predicted octanol–water partition coefficient (Wildman–Crippen LogP) is 2.74. The van der Waals surface area contributed by atoms with E-state index < -0.39 is 11.6 Å². The maximum absolute atomic E-state index is 14.0. The van der Waals surface area contributed by atoms with Gasteiger partial charge < -0.3 is 5.32 Å². The summed E-state index contributed by atoms with van der Waals surface area (Å²) in [4.78, 5) is 3.88. The highest BCUT2D eigenvalue weighted by Crippen LogP contribution is 2.31. The molecule has 0 aliphatic rings. The highest BCUT2D eigenvalue weighted by molar-refractivity contribution is 7.99. The molecule has 2 aromatic rings. The lowest BCUT2D eigenvalue weighted by atomic mass is 10.2. The normalized spacial score (nSPS) is 11.3. The van der Waals surface area contributed by atoms with Gasteiger partial charge >= 0.3 is 0 Å². The Balaban J connectivity index is 2.20. The third-order valence-electron chi connectivity index (χ3n) is 2.64. The number of aromatic nitrogens is 3. The summed E-state index contributed by atoms with van der Waals surface area (Å²) in [7, 11) is 1.67. The van der Waals surface area contributed by atoms with Crippen molar-refractivity contribution in [1.29, 1.82) is 0 Å². The molecule has 4 nitrogen and oxygen atoms in total. The van der Waals surface area contributed by atoms with Gasteiger partial charge in [0, 0.05) is 19.6 Å². The maximum atomic E-state index is 14.0. The second kappa shape index (κ2) is 6.32. The van der Waals surface area contributed by atoms with Crippen molar-refractivity contribution in [3.8, 4) is 0 Å². The van der Waals surface area contributed by atoms with Gasteiger partial charge in [-0.3, -0.25) is 0 Å². The number of hydrogen-bond acceptors (Lipinski definition) is 4. The number of hydrogen-bond donors (Lipinski definition) is 1. The summed E-state index contributed by atoms with van der Waals surface area (Å²) in [5.74, 6) is -1.17. The SMILES string of the molecule is CC(C)NCc1cc(F)c(Sc2ncnn2C)c(F)c1. The molecule has 0 amide bonds. The number of nitrogens with one attached hydrogen (secondary N) is 1. The minimum atomic E-state index is -0.585. The second-order valence-corrected chi connectivity index (χ2v) is 5.67. The van der Waals surface area contributed by atoms with Crippen LogP contribution in [0.15, 0.2) is 28.5 Å². The van der Waals surface area contributed by atoms with Crippen LogP contribution in [0.2, 0.25) is 0 Å². The van der Waals surface area contributed by atoms with Gasteiger partial charge in [0.2, 0.25) is 0 Å². The van der Waals surface area contributed by atoms with Gasteiger partial charge in [0.25, 0.3) is 0 Å². The molecule has 0 bridgehead atoms. The molecule has 0 aliphatic heterocycles. The average molecular weight is 298 g/mol. The molecular weight excluding hydrogens is 282 g/mol. The summed E-state index contributed by atoms with van der Waals surface area (Å²) in [5.41, 5.74) is 0.580. The lowest BCUT2D eigenvalue weighted by Gasteiger charge is -2.10. The Kier molecular flexibility index (Phi) is 4.72. The summed E-state index contributed by atoms with van der Waals surface area (Å²) in [6, 6.07) is 2.95. The van der Waals surface area contributed by atoms with E-state index in [0.717, 1.165) is 11.8 Å². The Morgan fingerprint density at radius 1 is 1.30 bits per heavy atom. The van der Waals surface area contributed by atoms with Gasteiger partial charge in [-0.15, -0.1) is 0 Å². The third-order valence-corrected chi connectivity index (χ3v) is 3.78. The largest absolute Gasteiger partial charge is 0.310 e. The van der Waals surface area contributed by atoms with E-state index in [0.29, 0.717) is 17.3 Å². The summed E-state index contributed by atoms with van der Waals surface area (Å²) >= 11 is 0.926. The molecule has 108 valence electrons. The molecule has 1 aromatic carbocycles. The van der Waals surface area contributed by atoms with E-state index in [-0.39, 0.29) is 10.9 Å². The van der Waals surface area contributed by atoms with E-state index >= 15 is 0 Å². The lowest BCUT2D eigenvalue weighted by Crippen LogP contribution is -2.22. The van der Waals surface area contributed by atoms with Crippen LogP contribution in [0, 0.1) is 11.6 Å². The Morgan fingerprint density at radius 2 is 1.95 bits per heavy atom. The average Bonchev–Trinajstić information content (AvgIpc) is 2.77. The van der Waals surface area contributed by atoms with Gasteiger partial charge in [-0.1, -0.05) is 13.8 Å². The monoisotopic (exact) mass is 298 g/mol. The number of benzene rings is 1. The second-order valence-electron chi connectivity index (χ2n) is 4.69. The van der Waals surface area contributed by atoms with Crippen LogP contribution in [-0.4, -0.2) is 20.8 Å². The van der Waals surface area contributed by atoms with Crippen LogP contribution >= 0.6 is 11.8 Å². The van der Waals surface area contributed by atoms with Crippen molar-refractivity contribution in [1.82, 2.24) is 20.1 Å². The van der Waals surface area contributed by atoms with Crippen LogP contribution < -0.4 is 5.32 Å². The Bertz CT molecular complexity index is 575. The van der Waals surface area contributed by atoms with E-state index in [1.165, 1.54) is 23.1 Å².